The molecule has 17 heavy (non-hydrogen) atoms. The number of aryl methyl sites for hydroxylation is 1. The number of hydrogen-bond acceptors (Lipinski definition) is 2. The van der Waals surface area contributed by atoms with E-state index in [0.717, 1.165) is 36.7 Å². The molecule has 0 bridgehead atoms. The molecule has 0 aliphatic carbocycles. The van der Waals surface area contributed by atoms with Crippen molar-refractivity contribution in [1.82, 2.24) is 4.90 Å². The lowest BCUT2D eigenvalue weighted by atomic mass is 10.1. The summed E-state index contributed by atoms with van der Waals surface area (Å²) in [5.74, 6) is 0. The average molecular weight is 250 g/mol. The highest BCUT2D eigenvalue weighted by Crippen LogP contribution is 2.16. The van der Waals surface area contributed by atoms with Gasteiger partial charge in [0.25, 0.3) is 0 Å². The molecule has 0 unspecified atom stereocenters. The van der Waals surface area contributed by atoms with Gasteiger partial charge in [0, 0.05) is 18.8 Å². The number of benzene rings is 1. The normalized spacial score (nSPS) is 16.9. The second kappa shape index (κ2) is 5.47. The molecule has 92 valence electrons. The van der Waals surface area contributed by atoms with Crippen molar-refractivity contribution in [3.63, 3.8) is 0 Å². The number of rotatable bonds is 1. The van der Waals surface area contributed by atoms with E-state index in [-0.39, 0.29) is 6.10 Å². The highest BCUT2D eigenvalue weighted by Gasteiger charge is 2.19. The lowest BCUT2D eigenvalue weighted by Crippen LogP contribution is -2.42. The Kier molecular flexibility index (Phi) is 3.97. The minimum Gasteiger partial charge on any atom is -0.393 e. The molecule has 2 rings (SSSR count). The second-order valence-corrected chi connectivity index (χ2v) is 4.85. The van der Waals surface area contributed by atoms with Crippen LogP contribution in [0.2, 0.25) is 0 Å². The Labute approximate surface area is 107 Å². The molecule has 1 aliphatic heterocycles. The number of thiocarbonyl (C=S) groups is 1. The van der Waals surface area contributed by atoms with Gasteiger partial charge >= 0.3 is 0 Å². The van der Waals surface area contributed by atoms with Crippen molar-refractivity contribution in [2.24, 2.45) is 0 Å². The summed E-state index contributed by atoms with van der Waals surface area (Å²) in [6, 6.07) is 8.10. The van der Waals surface area contributed by atoms with Gasteiger partial charge in [-0.2, -0.15) is 0 Å². The molecule has 1 fully saturated rings. The van der Waals surface area contributed by atoms with Crippen LogP contribution >= 0.6 is 12.2 Å². The number of nitrogens with one attached hydrogen (secondary N) is 1. The summed E-state index contributed by atoms with van der Waals surface area (Å²) in [7, 11) is 0. The fourth-order valence-electron chi connectivity index (χ4n) is 1.98. The lowest BCUT2D eigenvalue weighted by Gasteiger charge is -2.32. The summed E-state index contributed by atoms with van der Waals surface area (Å²) in [6.07, 6.45) is 1.44. The van der Waals surface area contributed by atoms with Crippen molar-refractivity contribution < 1.29 is 5.11 Å². The van der Waals surface area contributed by atoms with Gasteiger partial charge < -0.3 is 15.3 Å². The summed E-state index contributed by atoms with van der Waals surface area (Å²) >= 11 is 5.39. The molecule has 0 radical (unpaired) electrons. The Morgan fingerprint density at radius 3 is 2.65 bits per heavy atom. The van der Waals surface area contributed by atoms with Crippen LogP contribution in [0, 0.1) is 6.92 Å². The molecule has 1 saturated heterocycles. The minimum atomic E-state index is -0.160. The van der Waals surface area contributed by atoms with E-state index < -0.39 is 0 Å². The smallest absolute Gasteiger partial charge is 0.173 e. The monoisotopic (exact) mass is 250 g/mol. The SMILES string of the molecule is Cc1ccccc1NC(=S)N1CCC(O)CC1. The fraction of sp³-hybridized carbons (Fsp3) is 0.462. The van der Waals surface area contributed by atoms with Crippen LogP contribution in [0.25, 0.3) is 0 Å². The molecular weight excluding hydrogens is 232 g/mol. The van der Waals surface area contributed by atoms with Crippen LogP contribution in [0.15, 0.2) is 24.3 Å². The Hall–Kier alpha value is -1.13. The van der Waals surface area contributed by atoms with E-state index in [4.69, 9.17) is 12.2 Å². The molecule has 2 N–H and O–H groups in total. The standard InChI is InChI=1S/C13H18N2OS/c1-10-4-2-3-5-12(10)14-13(17)15-8-6-11(16)7-9-15/h2-5,11,16H,6-9H2,1H3,(H,14,17). The van der Waals surface area contributed by atoms with Crippen LogP contribution in [-0.4, -0.2) is 34.3 Å². The van der Waals surface area contributed by atoms with Crippen molar-refractivity contribution in [2.75, 3.05) is 18.4 Å². The zero-order chi connectivity index (χ0) is 12.3. The summed E-state index contributed by atoms with van der Waals surface area (Å²) in [4.78, 5) is 2.12. The summed E-state index contributed by atoms with van der Waals surface area (Å²) < 4.78 is 0. The molecule has 1 heterocycles. The zero-order valence-corrected chi connectivity index (χ0v) is 10.8. The lowest BCUT2D eigenvalue weighted by molar-refractivity contribution is 0.110. The van der Waals surface area contributed by atoms with E-state index in [9.17, 15) is 5.11 Å². The quantitative estimate of drug-likeness (QED) is 0.749. The van der Waals surface area contributed by atoms with Crippen LogP contribution < -0.4 is 5.32 Å². The first-order valence-corrected chi connectivity index (χ1v) is 6.37. The van der Waals surface area contributed by atoms with Gasteiger partial charge in [-0.3, -0.25) is 0 Å². The summed E-state index contributed by atoms with van der Waals surface area (Å²) in [6.45, 7) is 3.72. The molecule has 0 aromatic heterocycles. The molecule has 1 aliphatic rings. The minimum absolute atomic E-state index is 0.160. The predicted octanol–water partition coefficient (Wildman–Crippen LogP) is 2.15. The number of aliphatic hydroxyl groups is 1. The van der Waals surface area contributed by atoms with Gasteiger partial charge in [0.1, 0.15) is 0 Å². The highest BCUT2D eigenvalue weighted by atomic mass is 32.1. The molecule has 0 atom stereocenters. The van der Waals surface area contributed by atoms with Gasteiger partial charge in [-0.15, -0.1) is 0 Å². The molecule has 4 heteroatoms. The van der Waals surface area contributed by atoms with E-state index in [1.807, 2.05) is 18.2 Å². The van der Waals surface area contributed by atoms with Crippen LogP contribution in [0.1, 0.15) is 18.4 Å². The second-order valence-electron chi connectivity index (χ2n) is 4.46. The van der Waals surface area contributed by atoms with Crippen molar-refractivity contribution in [1.29, 1.82) is 0 Å². The molecule has 1 aromatic carbocycles. The maximum Gasteiger partial charge on any atom is 0.173 e. The van der Waals surface area contributed by atoms with Crippen LogP contribution in [0.3, 0.4) is 0 Å². The van der Waals surface area contributed by atoms with Gasteiger partial charge in [0.2, 0.25) is 0 Å². The number of piperidine rings is 1. The van der Waals surface area contributed by atoms with Gasteiger partial charge in [-0.25, -0.2) is 0 Å². The third-order valence-corrected chi connectivity index (χ3v) is 3.50. The van der Waals surface area contributed by atoms with Crippen molar-refractivity contribution in [3.05, 3.63) is 29.8 Å². The molecule has 0 spiro atoms. The van der Waals surface area contributed by atoms with Gasteiger partial charge in [-0.1, -0.05) is 18.2 Å². The van der Waals surface area contributed by atoms with Crippen LogP contribution in [0.4, 0.5) is 5.69 Å². The van der Waals surface area contributed by atoms with Gasteiger partial charge in [0.05, 0.1) is 6.10 Å². The molecule has 1 aromatic rings. The number of para-hydroxylation sites is 1. The largest absolute Gasteiger partial charge is 0.393 e. The summed E-state index contributed by atoms with van der Waals surface area (Å²) in [5.41, 5.74) is 2.25. The van der Waals surface area contributed by atoms with Gasteiger partial charge in [0.15, 0.2) is 5.11 Å². The Morgan fingerprint density at radius 1 is 1.35 bits per heavy atom. The van der Waals surface area contributed by atoms with E-state index in [1.165, 1.54) is 5.56 Å². The van der Waals surface area contributed by atoms with E-state index in [0.29, 0.717) is 0 Å². The number of hydrogen-bond donors (Lipinski definition) is 2. The third-order valence-electron chi connectivity index (χ3n) is 3.14. The Morgan fingerprint density at radius 2 is 2.00 bits per heavy atom. The first-order chi connectivity index (χ1) is 8.16. The first kappa shape index (κ1) is 12.3. The van der Waals surface area contributed by atoms with E-state index in [2.05, 4.69) is 23.2 Å². The average Bonchev–Trinajstić information content (AvgIpc) is 2.33. The summed E-state index contributed by atoms with van der Waals surface area (Å²) in [5, 5.41) is 13.5. The molecule has 0 saturated carbocycles. The van der Waals surface area contributed by atoms with Crippen LogP contribution in [0.5, 0.6) is 0 Å². The molecular formula is C13H18N2OS. The zero-order valence-electron chi connectivity index (χ0n) is 10.0. The van der Waals surface area contributed by atoms with Crippen molar-refractivity contribution in [2.45, 2.75) is 25.9 Å². The highest BCUT2D eigenvalue weighted by molar-refractivity contribution is 7.80. The van der Waals surface area contributed by atoms with E-state index >= 15 is 0 Å². The van der Waals surface area contributed by atoms with Crippen molar-refractivity contribution >= 4 is 23.0 Å². The fourth-order valence-corrected chi connectivity index (χ4v) is 2.27. The maximum atomic E-state index is 9.45. The topological polar surface area (TPSA) is 35.5 Å². The molecule has 0 amide bonds. The Balaban J connectivity index is 1.95. The predicted molar refractivity (Wildman–Crippen MR) is 74.2 cm³/mol. The first-order valence-electron chi connectivity index (χ1n) is 5.96. The number of aliphatic hydroxyl groups excluding tert-OH is 1. The van der Waals surface area contributed by atoms with Gasteiger partial charge in [-0.05, 0) is 43.6 Å². The third kappa shape index (κ3) is 3.17. The van der Waals surface area contributed by atoms with Crippen LogP contribution in [-0.2, 0) is 0 Å². The number of nitrogens with zero attached hydrogens (tertiary/aromatic N) is 1. The number of likely N-dealkylation sites (tertiary alicyclic amines) is 1. The number of anilines is 1. The van der Waals surface area contributed by atoms with Crippen molar-refractivity contribution in [3.8, 4) is 0 Å². The molecule has 3 nitrogen and oxygen atoms in total. The maximum absolute atomic E-state index is 9.45. The Bertz CT molecular complexity index is 400. The van der Waals surface area contributed by atoms with E-state index in [1.54, 1.807) is 0 Å².